The molecule has 10 rings (SSSR count). The van der Waals surface area contributed by atoms with Crippen LogP contribution in [0.5, 0.6) is 23.0 Å². The first kappa shape index (κ1) is 51.5. The van der Waals surface area contributed by atoms with E-state index in [0.717, 1.165) is 100 Å². The second kappa shape index (κ2) is 21.7. The molecule has 2 heterocycles. The molecule has 4 fully saturated rings. The van der Waals surface area contributed by atoms with Gasteiger partial charge in [0.25, 0.3) is 0 Å². The van der Waals surface area contributed by atoms with Crippen molar-refractivity contribution in [3.05, 3.63) is 123 Å². The van der Waals surface area contributed by atoms with Crippen molar-refractivity contribution in [1.29, 1.82) is 0 Å². The maximum Gasteiger partial charge on any atom is 0.323 e. The Hall–Kier alpha value is -5.01. The van der Waals surface area contributed by atoms with Crippen LogP contribution in [-0.2, 0) is 29.3 Å². The third kappa shape index (κ3) is 10.7. The summed E-state index contributed by atoms with van der Waals surface area (Å²) < 4.78 is 31.2. The second-order valence-electron chi connectivity index (χ2n) is 23.6. The molecule has 0 radical (unpaired) electrons. The van der Waals surface area contributed by atoms with Crippen molar-refractivity contribution in [2.45, 2.75) is 157 Å². The first-order valence-electron chi connectivity index (χ1n) is 27.6. The summed E-state index contributed by atoms with van der Waals surface area (Å²) in [4.78, 5) is 20.0. The highest BCUT2D eigenvalue weighted by molar-refractivity contribution is 6.32. The van der Waals surface area contributed by atoms with E-state index < -0.39 is 12.1 Å². The molecule has 4 aliphatic carbocycles. The zero-order valence-electron chi connectivity index (χ0n) is 44.1. The van der Waals surface area contributed by atoms with Gasteiger partial charge in [0, 0.05) is 37.6 Å². The molecule has 73 heavy (non-hydrogen) atoms. The minimum atomic E-state index is -0.680. The highest BCUT2D eigenvalue weighted by Gasteiger charge is 2.59. The van der Waals surface area contributed by atoms with Crippen LogP contribution in [0, 0.1) is 59.8 Å². The molecule has 10 atom stereocenters. The van der Waals surface area contributed by atoms with Crippen molar-refractivity contribution in [2.75, 3.05) is 19.8 Å². The summed E-state index contributed by atoms with van der Waals surface area (Å²) >= 11 is 7.08. The standard InChI is InChI=1S/C63H77ClN2O7/c1-39(2)11-8-12-40(3)52-20-21-53-51-19-18-46-32-49(23-25-62(46,5)54(51)24-26-63(52,53)6)73-61(68)56-33-48(67)36-66(56)35-45-30-55(64)59(34-58(45)71-37-42-13-9-15-47(29-42)65-7)72-38-44-14-10-16-50(41(44)4)43-17-22-57-60(31-43)70-28-27-69-57/h9-10,13-18,22,29-31,34,39-40,48-49,51-54,56,67H,8,11-12,19-21,23-28,32-33,35-38H2,1-6H3/t40-,48-,49?,51+,52-,53+,54+,56-,62+,63-/m1/s1. The van der Waals surface area contributed by atoms with E-state index in [1.54, 1.807) is 6.07 Å². The molecule has 388 valence electrons. The van der Waals surface area contributed by atoms with Gasteiger partial charge in [-0.1, -0.05) is 120 Å². The summed E-state index contributed by atoms with van der Waals surface area (Å²) in [6, 6.07) is 22.7. The maximum absolute atomic E-state index is 14.4. The van der Waals surface area contributed by atoms with Crippen LogP contribution in [0.2, 0.25) is 5.02 Å². The number of carbonyl (C=O) groups excluding carboxylic acids is 1. The Morgan fingerprint density at radius 2 is 1.70 bits per heavy atom. The van der Waals surface area contributed by atoms with E-state index in [1.807, 2.05) is 59.5 Å². The monoisotopic (exact) mass is 1010 g/mol. The van der Waals surface area contributed by atoms with Crippen molar-refractivity contribution in [3.63, 3.8) is 0 Å². The lowest BCUT2D eigenvalue weighted by Crippen LogP contribution is -2.51. The average Bonchev–Trinajstić information content (AvgIpc) is 3.94. The number of fused-ring (bicyclic) bond motifs is 6. The molecule has 9 nitrogen and oxygen atoms in total. The second-order valence-corrected chi connectivity index (χ2v) is 24.0. The van der Waals surface area contributed by atoms with Crippen LogP contribution < -0.4 is 18.9 Å². The summed E-state index contributed by atoms with van der Waals surface area (Å²) in [6.07, 6.45) is 15.4. The lowest BCUT2D eigenvalue weighted by molar-refractivity contribution is -0.157. The number of esters is 1. The van der Waals surface area contributed by atoms with E-state index in [1.165, 1.54) is 50.5 Å². The lowest BCUT2D eigenvalue weighted by Gasteiger charge is -2.58. The number of aliphatic hydroxyl groups is 1. The van der Waals surface area contributed by atoms with Gasteiger partial charge in [0.2, 0.25) is 0 Å². The summed E-state index contributed by atoms with van der Waals surface area (Å²) in [7, 11) is 0. The van der Waals surface area contributed by atoms with Gasteiger partial charge in [0.05, 0.1) is 17.7 Å². The molecule has 1 unspecified atom stereocenters. The number of likely N-dealkylation sites (tertiary alicyclic amines) is 1. The molecule has 0 amide bonds. The summed E-state index contributed by atoms with van der Waals surface area (Å²) in [5.74, 6) is 6.90. The van der Waals surface area contributed by atoms with E-state index in [0.29, 0.717) is 66.3 Å². The van der Waals surface area contributed by atoms with Crippen molar-refractivity contribution >= 4 is 23.3 Å². The molecule has 2 aliphatic heterocycles. The molecular formula is C63H77ClN2O7. The fourth-order valence-corrected chi connectivity index (χ4v) is 15.1. The van der Waals surface area contributed by atoms with Crippen LogP contribution in [0.1, 0.15) is 134 Å². The van der Waals surface area contributed by atoms with Gasteiger partial charge in [0.1, 0.15) is 50.1 Å². The third-order valence-electron chi connectivity index (χ3n) is 18.8. The molecule has 0 spiro atoms. The van der Waals surface area contributed by atoms with Crippen molar-refractivity contribution in [2.24, 2.45) is 46.3 Å². The Morgan fingerprint density at radius 1 is 0.890 bits per heavy atom. The molecule has 1 saturated heterocycles. The zero-order valence-corrected chi connectivity index (χ0v) is 44.9. The number of halogens is 1. The van der Waals surface area contributed by atoms with Crippen LogP contribution in [0.4, 0.5) is 5.69 Å². The predicted octanol–water partition coefficient (Wildman–Crippen LogP) is 14.7. The van der Waals surface area contributed by atoms with E-state index in [-0.39, 0.29) is 30.7 Å². The topological polar surface area (TPSA) is 91.0 Å². The van der Waals surface area contributed by atoms with Gasteiger partial charge in [-0.3, -0.25) is 9.69 Å². The van der Waals surface area contributed by atoms with Crippen LogP contribution in [0.3, 0.4) is 0 Å². The van der Waals surface area contributed by atoms with Crippen LogP contribution >= 0.6 is 11.6 Å². The highest BCUT2D eigenvalue weighted by atomic mass is 35.5. The molecule has 6 aliphatic rings. The Labute approximate surface area is 439 Å². The number of β-amino-alcohol motifs (C(OH)–C–C–N with tert-alkyl or cyclic N) is 1. The van der Waals surface area contributed by atoms with Gasteiger partial charge in [-0.05, 0) is 150 Å². The van der Waals surface area contributed by atoms with Gasteiger partial charge in [-0.15, -0.1) is 0 Å². The Balaban J connectivity index is 0.820. The number of ether oxygens (including phenoxy) is 5. The fraction of sp³-hybridized carbons (Fsp3) is 0.556. The number of benzene rings is 4. The summed E-state index contributed by atoms with van der Waals surface area (Å²) in [6.45, 7) is 24.3. The number of carbonyl (C=O) groups is 1. The van der Waals surface area contributed by atoms with Gasteiger partial charge in [-0.25, -0.2) is 4.85 Å². The molecule has 1 N–H and O–H groups in total. The van der Waals surface area contributed by atoms with E-state index in [2.05, 4.69) is 64.6 Å². The smallest absolute Gasteiger partial charge is 0.323 e. The Morgan fingerprint density at radius 3 is 2.52 bits per heavy atom. The molecule has 4 aromatic carbocycles. The molecular weight excluding hydrogens is 932 g/mol. The normalized spacial score (nSPS) is 28.8. The van der Waals surface area contributed by atoms with E-state index in [4.69, 9.17) is 41.9 Å². The van der Waals surface area contributed by atoms with Crippen LogP contribution in [0.25, 0.3) is 16.0 Å². The van der Waals surface area contributed by atoms with Crippen molar-refractivity contribution < 1.29 is 33.6 Å². The number of nitrogens with zero attached hydrogens (tertiary/aromatic N) is 2. The van der Waals surface area contributed by atoms with Gasteiger partial charge in [-0.2, -0.15) is 0 Å². The number of hydrogen-bond donors (Lipinski definition) is 1. The average molecular weight is 1010 g/mol. The van der Waals surface area contributed by atoms with Gasteiger partial charge < -0.3 is 28.8 Å². The number of aliphatic hydroxyl groups excluding tert-OH is 1. The first-order chi connectivity index (χ1) is 35.2. The quantitative estimate of drug-likeness (QED) is 0.0674. The lowest BCUT2D eigenvalue weighted by atomic mass is 9.47. The largest absolute Gasteiger partial charge is 0.488 e. The minimum absolute atomic E-state index is 0.156. The molecule has 0 aromatic heterocycles. The SMILES string of the molecule is [C-]#[N+]c1cccc(COc2cc(OCc3cccc(-c4ccc5c(c4)OCCO5)c3C)c(Cl)cc2CN2C[C@H](O)C[C@@H]2C(=O)OC2CC[C@@]3(C)C(=CC[C@H]4[C@@H]5CC[C@H]([C@H](C)CCCC(C)C)[C@@]5(C)CC[C@@H]43)C2)c1. The summed E-state index contributed by atoms with van der Waals surface area (Å²) in [5.41, 5.74) is 8.43. The zero-order chi connectivity index (χ0) is 51.0. The molecule has 0 bridgehead atoms. The van der Waals surface area contributed by atoms with Gasteiger partial charge >= 0.3 is 5.97 Å². The third-order valence-corrected chi connectivity index (χ3v) is 19.1. The van der Waals surface area contributed by atoms with Crippen molar-refractivity contribution in [1.82, 2.24) is 4.90 Å². The number of rotatable bonds is 16. The molecule has 3 saturated carbocycles. The highest BCUT2D eigenvalue weighted by Crippen LogP contribution is 2.67. The van der Waals surface area contributed by atoms with Crippen molar-refractivity contribution in [3.8, 4) is 34.1 Å². The maximum atomic E-state index is 14.4. The fourth-order valence-electron chi connectivity index (χ4n) is 14.9. The Kier molecular flexibility index (Phi) is 15.3. The number of allylic oxidation sites excluding steroid dienone is 1. The van der Waals surface area contributed by atoms with E-state index >= 15 is 0 Å². The Bertz CT molecular complexity index is 2730. The molecule has 4 aromatic rings. The first-order valence-corrected chi connectivity index (χ1v) is 27.9. The van der Waals surface area contributed by atoms with Gasteiger partial charge in [0.15, 0.2) is 17.2 Å². The minimum Gasteiger partial charge on any atom is -0.488 e. The van der Waals surface area contributed by atoms with Crippen LogP contribution in [-0.4, -0.2) is 54.0 Å². The summed E-state index contributed by atoms with van der Waals surface area (Å²) in [5, 5.41) is 11.5. The molecule has 10 heteroatoms. The number of hydrogen-bond acceptors (Lipinski definition) is 8. The predicted molar refractivity (Wildman–Crippen MR) is 288 cm³/mol. The van der Waals surface area contributed by atoms with Crippen LogP contribution in [0.15, 0.2) is 84.4 Å². The van der Waals surface area contributed by atoms with E-state index in [9.17, 15) is 9.90 Å².